The molecule has 0 aromatic carbocycles. The molecule has 2 aromatic rings. The van der Waals surface area contributed by atoms with Crippen molar-refractivity contribution >= 4 is 40.0 Å². The summed E-state index contributed by atoms with van der Waals surface area (Å²) in [6.45, 7) is 0. The maximum Gasteiger partial charge on any atom is 0.341 e. The minimum Gasteiger partial charge on any atom is -0.465 e. The summed E-state index contributed by atoms with van der Waals surface area (Å²) >= 11 is 2.74. The number of carbonyl (C=O) groups is 2. The van der Waals surface area contributed by atoms with Crippen LogP contribution in [0.1, 0.15) is 33.6 Å². The number of H-pyrrole nitrogens is 1. The number of hydrogen-bond donors (Lipinski definition) is 2. The number of aryl methyl sites for hydroxylation is 1. The maximum atomic E-state index is 12.1. The second kappa shape index (κ2) is 7.14. The van der Waals surface area contributed by atoms with E-state index in [2.05, 4.69) is 20.5 Å². The number of carbonyl (C=O) groups excluding carboxylic acids is 2. The number of rotatable bonds is 5. The summed E-state index contributed by atoms with van der Waals surface area (Å²) in [4.78, 5) is 29.4. The van der Waals surface area contributed by atoms with E-state index in [-0.39, 0.29) is 17.6 Å². The minimum absolute atomic E-state index is 0.185. The number of fused-ring (bicyclic) bond motifs is 1. The maximum absolute atomic E-state index is 12.1. The zero-order chi connectivity index (χ0) is 16.2. The van der Waals surface area contributed by atoms with E-state index in [0.29, 0.717) is 15.7 Å². The van der Waals surface area contributed by atoms with E-state index in [1.54, 1.807) is 0 Å². The van der Waals surface area contributed by atoms with Crippen molar-refractivity contribution in [2.45, 2.75) is 30.8 Å². The van der Waals surface area contributed by atoms with Gasteiger partial charge in [-0.2, -0.15) is 5.10 Å². The van der Waals surface area contributed by atoms with E-state index in [1.807, 2.05) is 0 Å². The zero-order valence-electron chi connectivity index (χ0n) is 12.5. The Kier molecular flexibility index (Phi) is 4.97. The van der Waals surface area contributed by atoms with Crippen LogP contribution in [0.25, 0.3) is 0 Å². The Morgan fingerprint density at radius 1 is 1.43 bits per heavy atom. The Bertz CT molecular complexity index is 712. The van der Waals surface area contributed by atoms with Gasteiger partial charge in [-0.1, -0.05) is 11.8 Å². The summed E-state index contributed by atoms with van der Waals surface area (Å²) in [5, 5.41) is 10.4. The summed E-state index contributed by atoms with van der Waals surface area (Å²) in [6.07, 6.45) is 5.37. The van der Waals surface area contributed by atoms with Crippen molar-refractivity contribution in [1.82, 2.24) is 15.2 Å². The summed E-state index contributed by atoms with van der Waals surface area (Å²) in [5.74, 6) is -0.379. The lowest BCUT2D eigenvalue weighted by Gasteiger charge is -2.11. The molecule has 0 fully saturated rings. The average molecular weight is 352 g/mol. The summed E-state index contributed by atoms with van der Waals surface area (Å²) in [6, 6.07) is 0. The third kappa shape index (κ3) is 3.56. The number of thioether (sulfide) groups is 1. The van der Waals surface area contributed by atoms with Gasteiger partial charge < -0.3 is 10.1 Å². The van der Waals surface area contributed by atoms with Gasteiger partial charge in [0, 0.05) is 4.88 Å². The van der Waals surface area contributed by atoms with Gasteiger partial charge in [0.15, 0.2) is 5.16 Å². The molecular formula is C14H16N4O3S2. The molecule has 122 valence electrons. The molecule has 0 spiro atoms. The number of methoxy groups -OCH3 is 1. The first-order valence-corrected chi connectivity index (χ1v) is 9.00. The lowest BCUT2D eigenvalue weighted by molar-refractivity contribution is -0.113. The Hall–Kier alpha value is -1.87. The van der Waals surface area contributed by atoms with Crippen LogP contribution in [0.2, 0.25) is 0 Å². The second-order valence-corrected chi connectivity index (χ2v) is 7.10. The van der Waals surface area contributed by atoms with Crippen LogP contribution < -0.4 is 5.32 Å². The number of hydrogen-bond acceptors (Lipinski definition) is 7. The van der Waals surface area contributed by atoms with Crippen molar-refractivity contribution in [3.05, 3.63) is 22.3 Å². The SMILES string of the molecule is COC(=O)c1c(NC(=O)CSc2ncn[nH]2)sc2c1CCCC2. The highest BCUT2D eigenvalue weighted by molar-refractivity contribution is 7.99. The molecule has 2 heterocycles. The highest BCUT2D eigenvalue weighted by atomic mass is 32.2. The van der Waals surface area contributed by atoms with Crippen LogP contribution in [0.15, 0.2) is 11.5 Å². The number of ether oxygens (including phenoxy) is 1. The van der Waals surface area contributed by atoms with Gasteiger partial charge >= 0.3 is 5.97 Å². The predicted molar refractivity (Wildman–Crippen MR) is 88.0 cm³/mol. The van der Waals surface area contributed by atoms with Crippen LogP contribution in [0.3, 0.4) is 0 Å². The van der Waals surface area contributed by atoms with Crippen LogP contribution in [0, 0.1) is 0 Å². The lowest BCUT2D eigenvalue weighted by atomic mass is 9.95. The van der Waals surface area contributed by atoms with E-state index in [9.17, 15) is 9.59 Å². The molecule has 23 heavy (non-hydrogen) atoms. The van der Waals surface area contributed by atoms with Gasteiger partial charge in [0.1, 0.15) is 11.3 Å². The van der Waals surface area contributed by atoms with Crippen molar-refractivity contribution in [3.63, 3.8) is 0 Å². The summed E-state index contributed by atoms with van der Waals surface area (Å²) in [7, 11) is 1.36. The number of esters is 1. The Morgan fingerprint density at radius 2 is 2.26 bits per heavy atom. The number of anilines is 1. The van der Waals surface area contributed by atoms with Crippen molar-refractivity contribution in [3.8, 4) is 0 Å². The van der Waals surface area contributed by atoms with Crippen LogP contribution in [-0.2, 0) is 22.4 Å². The van der Waals surface area contributed by atoms with Gasteiger partial charge in [-0.05, 0) is 31.2 Å². The minimum atomic E-state index is -0.386. The number of nitrogens with zero attached hydrogens (tertiary/aromatic N) is 2. The molecule has 0 atom stereocenters. The number of thiophene rings is 1. The molecular weight excluding hydrogens is 336 g/mol. The topological polar surface area (TPSA) is 97.0 Å². The Morgan fingerprint density at radius 3 is 3.00 bits per heavy atom. The van der Waals surface area contributed by atoms with Crippen LogP contribution in [-0.4, -0.2) is 39.9 Å². The summed E-state index contributed by atoms with van der Waals surface area (Å²) < 4.78 is 4.89. The quantitative estimate of drug-likeness (QED) is 0.633. The highest BCUT2D eigenvalue weighted by Crippen LogP contribution is 2.38. The molecule has 2 N–H and O–H groups in total. The molecule has 0 radical (unpaired) electrons. The van der Waals surface area contributed by atoms with E-state index in [4.69, 9.17) is 4.74 Å². The monoisotopic (exact) mass is 352 g/mol. The van der Waals surface area contributed by atoms with E-state index < -0.39 is 0 Å². The Balaban J connectivity index is 1.74. The number of nitrogens with one attached hydrogen (secondary N) is 2. The third-order valence-electron chi connectivity index (χ3n) is 3.55. The van der Waals surface area contributed by atoms with Crippen LogP contribution in [0.4, 0.5) is 5.00 Å². The summed E-state index contributed by atoms with van der Waals surface area (Å²) in [5.41, 5.74) is 1.55. The Labute approximate surface area is 141 Å². The zero-order valence-corrected chi connectivity index (χ0v) is 14.2. The molecule has 0 unspecified atom stereocenters. The molecule has 1 aliphatic carbocycles. The number of aromatic amines is 1. The van der Waals surface area contributed by atoms with Crippen LogP contribution >= 0.6 is 23.1 Å². The van der Waals surface area contributed by atoms with Gasteiger partial charge in [-0.25, -0.2) is 9.78 Å². The second-order valence-electron chi connectivity index (χ2n) is 5.03. The first-order chi connectivity index (χ1) is 11.2. The average Bonchev–Trinajstić information content (AvgIpc) is 3.19. The molecule has 0 saturated heterocycles. The molecule has 0 aliphatic heterocycles. The van der Waals surface area contributed by atoms with Gasteiger partial charge in [0.05, 0.1) is 18.4 Å². The molecule has 0 bridgehead atoms. The van der Waals surface area contributed by atoms with Crippen molar-refractivity contribution in [1.29, 1.82) is 0 Å². The highest BCUT2D eigenvalue weighted by Gasteiger charge is 2.26. The van der Waals surface area contributed by atoms with Crippen LogP contribution in [0.5, 0.6) is 0 Å². The molecule has 1 amide bonds. The van der Waals surface area contributed by atoms with Gasteiger partial charge in [-0.3, -0.25) is 9.89 Å². The first kappa shape index (κ1) is 16.0. The van der Waals surface area contributed by atoms with E-state index >= 15 is 0 Å². The molecule has 1 aliphatic rings. The van der Waals surface area contributed by atoms with E-state index in [0.717, 1.165) is 31.2 Å². The predicted octanol–water partition coefficient (Wildman–Crippen LogP) is 2.26. The number of amides is 1. The van der Waals surface area contributed by atoms with E-state index in [1.165, 1.54) is 41.4 Å². The molecule has 2 aromatic heterocycles. The largest absolute Gasteiger partial charge is 0.465 e. The van der Waals surface area contributed by atoms with Crippen molar-refractivity contribution < 1.29 is 14.3 Å². The normalized spacial score (nSPS) is 13.4. The first-order valence-electron chi connectivity index (χ1n) is 7.20. The fraction of sp³-hybridized carbons (Fsp3) is 0.429. The van der Waals surface area contributed by atoms with Gasteiger partial charge in [0.2, 0.25) is 5.91 Å². The third-order valence-corrected chi connectivity index (χ3v) is 5.63. The molecule has 0 saturated carbocycles. The fourth-order valence-corrected chi connectivity index (χ4v) is 4.40. The standard InChI is InChI=1S/C14H16N4O3S2/c1-21-13(20)11-8-4-2-3-5-9(8)23-12(11)17-10(19)6-22-14-15-7-16-18-14/h7H,2-6H2,1H3,(H,17,19)(H,15,16,18). The fourth-order valence-electron chi connectivity index (χ4n) is 2.53. The molecule has 7 nitrogen and oxygen atoms in total. The smallest absolute Gasteiger partial charge is 0.341 e. The molecule has 3 rings (SSSR count). The lowest BCUT2D eigenvalue weighted by Crippen LogP contribution is -2.16. The van der Waals surface area contributed by atoms with Gasteiger partial charge in [-0.15, -0.1) is 11.3 Å². The number of aromatic nitrogens is 3. The van der Waals surface area contributed by atoms with Crippen molar-refractivity contribution in [2.75, 3.05) is 18.2 Å². The van der Waals surface area contributed by atoms with Gasteiger partial charge in [0.25, 0.3) is 0 Å². The van der Waals surface area contributed by atoms with Crippen molar-refractivity contribution in [2.24, 2.45) is 0 Å². The molecule has 9 heteroatoms.